The minimum atomic E-state index is -0.153. The number of hydrogen-bond donors (Lipinski definition) is 0. The fraction of sp³-hybridized carbons (Fsp3) is 0.435. The second-order valence-electron chi connectivity index (χ2n) is 8.24. The molecule has 0 saturated heterocycles. The molecule has 0 N–H and O–H groups in total. The molecule has 0 radical (unpaired) electrons. The monoisotopic (exact) mass is 392 g/mol. The van der Waals surface area contributed by atoms with Gasteiger partial charge >= 0.3 is 0 Å². The number of hydrogen-bond acceptors (Lipinski definition) is 3. The first-order valence-electron chi connectivity index (χ1n) is 10.3. The smallest absolute Gasteiger partial charge is 0.262 e. The largest absolute Gasteiger partial charge is 0.350 e. The van der Waals surface area contributed by atoms with E-state index in [-0.39, 0.29) is 30.3 Å². The summed E-state index contributed by atoms with van der Waals surface area (Å²) in [5.41, 5.74) is 4.14. The summed E-state index contributed by atoms with van der Waals surface area (Å²) >= 11 is 0. The molecule has 1 saturated carbocycles. The first kappa shape index (κ1) is 19.4. The molecule has 1 atom stereocenters. The van der Waals surface area contributed by atoms with Crippen LogP contribution in [-0.4, -0.2) is 45.6 Å². The van der Waals surface area contributed by atoms with Crippen LogP contribution < -0.4 is 0 Å². The number of likely N-dealkylation sites (N-methyl/N-ethyl adjacent to an activating group) is 1. The zero-order chi connectivity index (χ0) is 20.5. The molecule has 4 rings (SSSR count). The standard InChI is InChI=1S/C23H28N4O2/c1-16-9-11-17(12-10-16)21-14-19(20-8-5-13-25(20)2)24-27(21)22(28)15-26(3)23(29)18-6-4-7-18/h5,8-13,18,21H,4,6-7,14-15H2,1-3H3/t21-/m1/s1. The number of benzene rings is 1. The van der Waals surface area contributed by atoms with Crippen LogP contribution in [0.3, 0.4) is 0 Å². The van der Waals surface area contributed by atoms with Gasteiger partial charge in [-0.3, -0.25) is 9.59 Å². The Labute approximate surface area is 171 Å². The van der Waals surface area contributed by atoms with Gasteiger partial charge in [0.25, 0.3) is 5.91 Å². The van der Waals surface area contributed by atoms with Crippen molar-refractivity contribution in [1.82, 2.24) is 14.5 Å². The van der Waals surface area contributed by atoms with Crippen LogP contribution >= 0.6 is 0 Å². The molecule has 6 nitrogen and oxygen atoms in total. The van der Waals surface area contributed by atoms with Crippen LogP contribution in [0.25, 0.3) is 0 Å². The number of hydrazone groups is 1. The minimum Gasteiger partial charge on any atom is -0.350 e. The first-order chi connectivity index (χ1) is 13.9. The Morgan fingerprint density at radius 3 is 2.48 bits per heavy atom. The molecule has 1 aromatic carbocycles. The van der Waals surface area contributed by atoms with Crippen molar-refractivity contribution in [3.8, 4) is 0 Å². The third kappa shape index (κ3) is 3.84. The molecule has 0 bridgehead atoms. The van der Waals surface area contributed by atoms with Crippen molar-refractivity contribution in [1.29, 1.82) is 0 Å². The van der Waals surface area contributed by atoms with Crippen molar-refractivity contribution >= 4 is 17.5 Å². The molecule has 1 aromatic heterocycles. The van der Waals surface area contributed by atoms with E-state index in [0.717, 1.165) is 36.2 Å². The van der Waals surface area contributed by atoms with Gasteiger partial charge in [-0.15, -0.1) is 0 Å². The highest BCUT2D eigenvalue weighted by Gasteiger charge is 2.35. The molecule has 2 aromatic rings. The van der Waals surface area contributed by atoms with Crippen molar-refractivity contribution in [3.05, 3.63) is 59.4 Å². The summed E-state index contributed by atoms with van der Waals surface area (Å²) < 4.78 is 2.02. The second-order valence-corrected chi connectivity index (χ2v) is 8.24. The first-order valence-corrected chi connectivity index (χ1v) is 10.3. The predicted octanol–water partition coefficient (Wildman–Crippen LogP) is 3.27. The zero-order valence-corrected chi connectivity index (χ0v) is 17.3. The van der Waals surface area contributed by atoms with Gasteiger partial charge in [-0.25, -0.2) is 5.01 Å². The summed E-state index contributed by atoms with van der Waals surface area (Å²) in [6.07, 6.45) is 5.61. The van der Waals surface area contributed by atoms with Crippen LogP contribution in [0.15, 0.2) is 47.7 Å². The van der Waals surface area contributed by atoms with Gasteiger partial charge in [-0.2, -0.15) is 5.10 Å². The normalized spacial score (nSPS) is 19.1. The SMILES string of the molecule is Cc1ccc([C@H]2CC(c3cccn3C)=NN2C(=O)CN(C)C(=O)C2CCC2)cc1. The van der Waals surface area contributed by atoms with Gasteiger partial charge < -0.3 is 9.47 Å². The fourth-order valence-corrected chi connectivity index (χ4v) is 4.02. The summed E-state index contributed by atoms with van der Waals surface area (Å²) in [6, 6.07) is 12.1. The van der Waals surface area contributed by atoms with Crippen molar-refractivity contribution in [2.24, 2.45) is 18.1 Å². The van der Waals surface area contributed by atoms with Gasteiger partial charge in [-0.05, 0) is 37.5 Å². The average molecular weight is 393 g/mol. The van der Waals surface area contributed by atoms with E-state index in [9.17, 15) is 9.59 Å². The molecule has 2 amide bonds. The summed E-state index contributed by atoms with van der Waals surface area (Å²) in [5.74, 6) is 0.0129. The molecule has 2 heterocycles. The van der Waals surface area contributed by atoms with Crippen LogP contribution in [-0.2, 0) is 16.6 Å². The van der Waals surface area contributed by atoms with Gasteiger partial charge in [0.05, 0.1) is 17.4 Å². The third-order valence-electron chi connectivity index (χ3n) is 6.07. The molecular formula is C23H28N4O2. The molecule has 0 spiro atoms. The molecule has 0 unspecified atom stereocenters. The number of aryl methyl sites for hydroxylation is 2. The van der Waals surface area contributed by atoms with Crippen LogP contribution in [0.2, 0.25) is 0 Å². The number of rotatable bonds is 5. The van der Waals surface area contributed by atoms with Gasteiger partial charge in [0.15, 0.2) is 0 Å². The molecule has 2 aliphatic rings. The molecule has 29 heavy (non-hydrogen) atoms. The summed E-state index contributed by atoms with van der Waals surface area (Å²) in [4.78, 5) is 27.2. The fourth-order valence-electron chi connectivity index (χ4n) is 4.02. The Balaban J connectivity index is 1.57. The summed E-state index contributed by atoms with van der Waals surface area (Å²) in [5, 5.41) is 6.29. The quantitative estimate of drug-likeness (QED) is 0.784. The number of amides is 2. The topological polar surface area (TPSA) is 57.9 Å². The van der Waals surface area contributed by atoms with Crippen LogP contribution in [0.1, 0.15) is 48.5 Å². The number of aromatic nitrogens is 1. The highest BCUT2D eigenvalue weighted by molar-refractivity contribution is 6.02. The van der Waals surface area contributed by atoms with Crippen LogP contribution in [0, 0.1) is 12.8 Å². The Hall–Kier alpha value is -2.89. The Kier molecular flexibility index (Phi) is 5.26. The van der Waals surface area contributed by atoms with E-state index in [0.29, 0.717) is 6.42 Å². The highest BCUT2D eigenvalue weighted by Crippen LogP contribution is 2.33. The Morgan fingerprint density at radius 2 is 1.90 bits per heavy atom. The third-order valence-corrected chi connectivity index (χ3v) is 6.07. The molecule has 6 heteroatoms. The molecular weight excluding hydrogens is 364 g/mol. The lowest BCUT2D eigenvalue weighted by molar-refractivity contribution is -0.144. The van der Waals surface area contributed by atoms with Crippen molar-refractivity contribution < 1.29 is 9.59 Å². The molecule has 1 aliphatic heterocycles. The maximum absolute atomic E-state index is 13.2. The second kappa shape index (κ2) is 7.85. The van der Waals surface area contributed by atoms with Gasteiger partial charge in [0.2, 0.25) is 5.91 Å². The lowest BCUT2D eigenvalue weighted by Gasteiger charge is -2.30. The van der Waals surface area contributed by atoms with E-state index in [1.165, 1.54) is 5.56 Å². The minimum absolute atomic E-state index is 0.0572. The Bertz CT molecular complexity index is 940. The molecule has 1 fully saturated rings. The Morgan fingerprint density at radius 1 is 1.17 bits per heavy atom. The maximum atomic E-state index is 13.2. The predicted molar refractivity (Wildman–Crippen MR) is 112 cm³/mol. The summed E-state index contributed by atoms with van der Waals surface area (Å²) in [6.45, 7) is 2.11. The van der Waals surface area contributed by atoms with E-state index in [1.54, 1.807) is 17.0 Å². The lowest BCUT2D eigenvalue weighted by atomic mass is 9.84. The van der Waals surface area contributed by atoms with Crippen molar-refractivity contribution in [2.45, 2.75) is 38.6 Å². The van der Waals surface area contributed by atoms with E-state index < -0.39 is 0 Å². The zero-order valence-electron chi connectivity index (χ0n) is 17.3. The van der Waals surface area contributed by atoms with E-state index in [2.05, 4.69) is 24.3 Å². The van der Waals surface area contributed by atoms with Crippen LogP contribution in [0.5, 0.6) is 0 Å². The maximum Gasteiger partial charge on any atom is 0.262 e. The van der Waals surface area contributed by atoms with E-state index >= 15 is 0 Å². The van der Waals surface area contributed by atoms with Gasteiger partial charge in [0, 0.05) is 32.6 Å². The van der Waals surface area contributed by atoms with Crippen molar-refractivity contribution in [3.63, 3.8) is 0 Å². The van der Waals surface area contributed by atoms with Crippen molar-refractivity contribution in [2.75, 3.05) is 13.6 Å². The summed E-state index contributed by atoms with van der Waals surface area (Å²) in [7, 11) is 3.70. The van der Waals surface area contributed by atoms with Gasteiger partial charge in [0.1, 0.15) is 6.54 Å². The number of carbonyl (C=O) groups is 2. The average Bonchev–Trinajstić information content (AvgIpc) is 3.27. The lowest BCUT2D eigenvalue weighted by Crippen LogP contribution is -2.42. The molecule has 1 aliphatic carbocycles. The number of nitrogens with zero attached hydrogens (tertiary/aromatic N) is 4. The highest BCUT2D eigenvalue weighted by atomic mass is 16.2. The van der Waals surface area contributed by atoms with Crippen LogP contribution in [0.4, 0.5) is 0 Å². The van der Waals surface area contributed by atoms with Gasteiger partial charge in [-0.1, -0.05) is 36.2 Å². The van der Waals surface area contributed by atoms with E-state index in [1.807, 2.05) is 36.9 Å². The van der Waals surface area contributed by atoms with E-state index in [4.69, 9.17) is 5.10 Å². The molecule has 152 valence electrons. The number of carbonyl (C=O) groups excluding carboxylic acids is 2.